The third kappa shape index (κ3) is 2.72. The number of nitrogens with zero attached hydrogens (tertiary/aromatic N) is 2. The molecule has 0 radical (unpaired) electrons. The van der Waals surface area contributed by atoms with Crippen LogP contribution in [0.5, 0.6) is 0 Å². The van der Waals surface area contributed by atoms with Gasteiger partial charge < -0.3 is 14.8 Å². The highest BCUT2D eigenvalue weighted by molar-refractivity contribution is 6.31. The summed E-state index contributed by atoms with van der Waals surface area (Å²) in [6, 6.07) is 2.63. The summed E-state index contributed by atoms with van der Waals surface area (Å²) < 4.78 is 2.08. The van der Waals surface area contributed by atoms with E-state index in [1.165, 1.54) is 0 Å². The van der Waals surface area contributed by atoms with E-state index >= 15 is 0 Å². The van der Waals surface area contributed by atoms with Crippen LogP contribution >= 0.6 is 11.6 Å². The molecule has 1 aliphatic heterocycles. The quantitative estimate of drug-likeness (QED) is 0.907. The minimum atomic E-state index is 0.138. The molecule has 2 heterocycles. The predicted molar refractivity (Wildman–Crippen MR) is 80.3 cm³/mol. The van der Waals surface area contributed by atoms with E-state index in [-0.39, 0.29) is 5.91 Å². The standard InChI is InChI=1S/C15H22ClN3O/c1-2-7-18(13-5-6-17-9-13)15(20)14-8-11(16)10-19(14)12-3-4-12/h8,10,12-13,17H,2-7,9H2,1H3. The summed E-state index contributed by atoms with van der Waals surface area (Å²) in [7, 11) is 0. The van der Waals surface area contributed by atoms with Crippen LogP contribution in [0.2, 0.25) is 5.02 Å². The Hall–Kier alpha value is -1.00. The van der Waals surface area contributed by atoms with Gasteiger partial charge in [-0.3, -0.25) is 4.79 Å². The largest absolute Gasteiger partial charge is 0.339 e. The molecule has 1 atom stereocenters. The summed E-state index contributed by atoms with van der Waals surface area (Å²) >= 11 is 6.12. The average Bonchev–Trinajstić information content (AvgIpc) is 2.99. The molecule has 3 rings (SSSR count). The van der Waals surface area contributed by atoms with Gasteiger partial charge in [-0.1, -0.05) is 18.5 Å². The van der Waals surface area contributed by atoms with E-state index in [0.29, 0.717) is 17.1 Å². The van der Waals surface area contributed by atoms with Gasteiger partial charge in [-0.05, 0) is 38.3 Å². The highest BCUT2D eigenvalue weighted by Gasteiger charge is 2.32. The fraction of sp³-hybridized carbons (Fsp3) is 0.667. The van der Waals surface area contributed by atoms with Crippen LogP contribution in [-0.2, 0) is 0 Å². The maximum absolute atomic E-state index is 12.9. The Morgan fingerprint density at radius 3 is 2.90 bits per heavy atom. The van der Waals surface area contributed by atoms with Gasteiger partial charge in [-0.25, -0.2) is 0 Å². The van der Waals surface area contributed by atoms with Gasteiger partial charge in [0.05, 0.1) is 5.02 Å². The van der Waals surface area contributed by atoms with E-state index in [2.05, 4.69) is 16.8 Å². The predicted octanol–water partition coefficient (Wildman–Crippen LogP) is 2.69. The van der Waals surface area contributed by atoms with Gasteiger partial charge >= 0.3 is 0 Å². The van der Waals surface area contributed by atoms with E-state index in [1.54, 1.807) is 0 Å². The van der Waals surface area contributed by atoms with Gasteiger partial charge in [-0.2, -0.15) is 0 Å². The van der Waals surface area contributed by atoms with Crippen LogP contribution in [0.4, 0.5) is 0 Å². The van der Waals surface area contributed by atoms with Gasteiger partial charge in [0.1, 0.15) is 5.69 Å². The molecule has 1 aromatic heterocycles. The number of halogens is 1. The van der Waals surface area contributed by atoms with E-state index < -0.39 is 0 Å². The summed E-state index contributed by atoms with van der Waals surface area (Å²) in [4.78, 5) is 14.9. The lowest BCUT2D eigenvalue weighted by Crippen LogP contribution is -2.42. The Labute approximate surface area is 125 Å². The minimum Gasteiger partial charge on any atom is -0.339 e. The lowest BCUT2D eigenvalue weighted by Gasteiger charge is -2.28. The molecule has 2 aliphatic rings. The van der Waals surface area contributed by atoms with Crippen LogP contribution in [0, 0.1) is 0 Å². The Morgan fingerprint density at radius 1 is 1.50 bits per heavy atom. The maximum Gasteiger partial charge on any atom is 0.270 e. The third-order valence-corrected chi connectivity index (χ3v) is 4.38. The first-order valence-electron chi connectivity index (χ1n) is 7.59. The number of carbonyl (C=O) groups is 1. The lowest BCUT2D eigenvalue weighted by atomic mass is 10.2. The van der Waals surface area contributed by atoms with Crippen LogP contribution in [0.1, 0.15) is 49.1 Å². The molecule has 1 N–H and O–H groups in total. The molecule has 4 nitrogen and oxygen atoms in total. The molecule has 2 fully saturated rings. The summed E-state index contributed by atoms with van der Waals surface area (Å²) in [5, 5.41) is 4.01. The molecule has 0 spiro atoms. The van der Waals surface area contributed by atoms with Gasteiger partial charge in [-0.15, -0.1) is 0 Å². The first-order valence-corrected chi connectivity index (χ1v) is 7.97. The van der Waals surface area contributed by atoms with Crippen molar-refractivity contribution >= 4 is 17.5 Å². The van der Waals surface area contributed by atoms with Crippen molar-refractivity contribution in [2.45, 2.75) is 44.7 Å². The monoisotopic (exact) mass is 295 g/mol. The van der Waals surface area contributed by atoms with Crippen molar-refractivity contribution in [3.63, 3.8) is 0 Å². The molecule has 1 aliphatic carbocycles. The number of rotatable bonds is 5. The van der Waals surface area contributed by atoms with Crippen LogP contribution < -0.4 is 5.32 Å². The fourth-order valence-corrected chi connectivity index (χ4v) is 3.22. The maximum atomic E-state index is 12.9. The molecule has 1 saturated heterocycles. The van der Waals surface area contributed by atoms with Crippen molar-refractivity contribution in [2.24, 2.45) is 0 Å². The first-order chi connectivity index (χ1) is 9.70. The zero-order valence-electron chi connectivity index (χ0n) is 11.9. The Balaban J connectivity index is 1.84. The number of nitrogens with one attached hydrogen (secondary N) is 1. The van der Waals surface area contributed by atoms with Crippen molar-refractivity contribution in [2.75, 3.05) is 19.6 Å². The summed E-state index contributed by atoms with van der Waals surface area (Å²) in [6.45, 7) is 4.85. The van der Waals surface area contributed by atoms with Crippen molar-refractivity contribution in [3.05, 3.63) is 23.0 Å². The van der Waals surface area contributed by atoms with Crippen molar-refractivity contribution in [1.82, 2.24) is 14.8 Å². The topological polar surface area (TPSA) is 37.3 Å². The highest BCUT2D eigenvalue weighted by atomic mass is 35.5. The molecule has 20 heavy (non-hydrogen) atoms. The molecule has 5 heteroatoms. The summed E-state index contributed by atoms with van der Waals surface area (Å²) in [6.07, 6.45) is 6.25. The molecule has 1 unspecified atom stereocenters. The van der Waals surface area contributed by atoms with Gasteiger partial charge in [0.15, 0.2) is 0 Å². The number of amides is 1. The summed E-state index contributed by atoms with van der Waals surface area (Å²) in [5.41, 5.74) is 0.762. The first kappa shape index (κ1) is 14.0. The lowest BCUT2D eigenvalue weighted by molar-refractivity contribution is 0.0681. The van der Waals surface area contributed by atoms with Gasteiger partial charge in [0.25, 0.3) is 5.91 Å². The van der Waals surface area contributed by atoms with E-state index in [1.807, 2.05) is 17.2 Å². The molecule has 0 aromatic carbocycles. The minimum absolute atomic E-state index is 0.138. The Morgan fingerprint density at radius 2 is 2.30 bits per heavy atom. The van der Waals surface area contributed by atoms with E-state index in [9.17, 15) is 4.79 Å². The molecule has 110 valence electrons. The normalized spacial score (nSPS) is 22.2. The molecular formula is C15H22ClN3O. The average molecular weight is 296 g/mol. The number of carbonyl (C=O) groups excluding carboxylic acids is 1. The van der Waals surface area contributed by atoms with Crippen LogP contribution in [0.25, 0.3) is 0 Å². The van der Waals surface area contributed by atoms with Crippen molar-refractivity contribution in [3.8, 4) is 0 Å². The molecule has 1 saturated carbocycles. The SMILES string of the molecule is CCCN(C(=O)c1cc(Cl)cn1C1CC1)C1CCNC1. The van der Waals surface area contributed by atoms with Crippen LogP contribution in [0.15, 0.2) is 12.3 Å². The van der Waals surface area contributed by atoms with Gasteiger partial charge in [0, 0.05) is 31.4 Å². The molecule has 1 amide bonds. The second-order valence-electron chi connectivity index (χ2n) is 5.83. The van der Waals surface area contributed by atoms with Gasteiger partial charge in [0.2, 0.25) is 0 Å². The number of hydrogen-bond acceptors (Lipinski definition) is 2. The zero-order chi connectivity index (χ0) is 14.1. The Kier molecular flexibility index (Phi) is 4.03. The molecular weight excluding hydrogens is 274 g/mol. The van der Waals surface area contributed by atoms with Crippen molar-refractivity contribution in [1.29, 1.82) is 0 Å². The zero-order valence-corrected chi connectivity index (χ0v) is 12.7. The number of aromatic nitrogens is 1. The smallest absolute Gasteiger partial charge is 0.270 e. The third-order valence-electron chi connectivity index (χ3n) is 4.18. The summed E-state index contributed by atoms with van der Waals surface area (Å²) in [5.74, 6) is 0.138. The molecule has 0 bridgehead atoms. The molecule has 1 aromatic rings. The Bertz CT molecular complexity index is 489. The van der Waals surface area contributed by atoms with Crippen LogP contribution in [-0.4, -0.2) is 41.1 Å². The van der Waals surface area contributed by atoms with Crippen molar-refractivity contribution < 1.29 is 4.79 Å². The fourth-order valence-electron chi connectivity index (χ4n) is 3.02. The highest BCUT2D eigenvalue weighted by Crippen LogP contribution is 2.37. The van der Waals surface area contributed by atoms with E-state index in [4.69, 9.17) is 11.6 Å². The second-order valence-corrected chi connectivity index (χ2v) is 6.26. The second kappa shape index (κ2) is 5.78. The number of hydrogen-bond donors (Lipinski definition) is 1. The van der Waals surface area contributed by atoms with E-state index in [0.717, 1.165) is 51.0 Å². The van der Waals surface area contributed by atoms with Crippen LogP contribution in [0.3, 0.4) is 0 Å².